The average molecular weight is 384 g/mol. The first-order valence-corrected chi connectivity index (χ1v) is 9.71. The van der Waals surface area contributed by atoms with Gasteiger partial charge in [-0.25, -0.2) is 4.68 Å². The number of amides is 1. The Morgan fingerprint density at radius 2 is 1.89 bits per heavy atom. The Kier molecular flexibility index (Phi) is 4.28. The van der Waals surface area contributed by atoms with Crippen molar-refractivity contribution < 1.29 is 14.3 Å². The third kappa shape index (κ3) is 3.04. The third-order valence-corrected chi connectivity index (χ3v) is 5.75. The molecule has 1 aromatic carbocycles. The zero-order valence-electron chi connectivity index (χ0n) is 16.0. The Morgan fingerprint density at radius 1 is 1.14 bits per heavy atom. The number of carbonyl (C=O) groups excluding carboxylic acids is 1. The summed E-state index contributed by atoms with van der Waals surface area (Å²) in [5, 5.41) is 15.4. The van der Waals surface area contributed by atoms with Crippen molar-refractivity contribution in [3.63, 3.8) is 0 Å². The van der Waals surface area contributed by atoms with E-state index in [1.54, 1.807) is 4.68 Å². The second-order valence-electron chi connectivity index (χ2n) is 7.94. The maximum absolute atomic E-state index is 12.1. The standard InChI is InChI=1S/C19H24N6O3/c1-24(2)13-7-5-11(6-8-13)18-21-22-23-25(18)15-10-28-16-14(9-27-17(15)16)20-19(26)12-3-4-12/h5-8,12,14-17H,3-4,9-10H2,1-2H3,(H,20,26)/t14-,15-,16+,17+/m0/s1. The van der Waals surface area contributed by atoms with Crippen molar-refractivity contribution in [1.29, 1.82) is 0 Å². The number of rotatable bonds is 5. The first kappa shape index (κ1) is 17.6. The number of nitrogens with one attached hydrogen (secondary N) is 1. The Hall–Kier alpha value is -2.52. The summed E-state index contributed by atoms with van der Waals surface area (Å²) in [5.74, 6) is 0.978. The summed E-state index contributed by atoms with van der Waals surface area (Å²) in [6, 6.07) is 7.88. The van der Waals surface area contributed by atoms with E-state index in [-0.39, 0.29) is 36.1 Å². The number of fused-ring (bicyclic) bond motifs is 1. The lowest BCUT2D eigenvalue weighted by atomic mass is 10.1. The van der Waals surface area contributed by atoms with Gasteiger partial charge in [0, 0.05) is 31.3 Å². The Balaban J connectivity index is 1.34. The number of carbonyl (C=O) groups is 1. The summed E-state index contributed by atoms with van der Waals surface area (Å²) in [4.78, 5) is 14.2. The van der Waals surface area contributed by atoms with Crippen LogP contribution in [0.5, 0.6) is 0 Å². The summed E-state index contributed by atoms with van der Waals surface area (Å²) in [5.41, 5.74) is 2.05. The number of aromatic nitrogens is 4. The predicted molar refractivity (Wildman–Crippen MR) is 101 cm³/mol. The molecule has 0 bridgehead atoms. The van der Waals surface area contributed by atoms with E-state index < -0.39 is 0 Å². The van der Waals surface area contributed by atoms with Crippen molar-refractivity contribution in [3.8, 4) is 11.4 Å². The van der Waals surface area contributed by atoms with Crippen LogP contribution in [0.2, 0.25) is 0 Å². The summed E-state index contributed by atoms with van der Waals surface area (Å²) in [6.07, 6.45) is 1.63. The molecule has 2 aliphatic heterocycles. The van der Waals surface area contributed by atoms with Gasteiger partial charge in [-0.15, -0.1) is 5.10 Å². The van der Waals surface area contributed by atoms with Gasteiger partial charge in [0.2, 0.25) is 5.91 Å². The molecule has 0 radical (unpaired) electrons. The molecule has 9 nitrogen and oxygen atoms in total. The molecule has 3 fully saturated rings. The van der Waals surface area contributed by atoms with Gasteiger partial charge < -0.3 is 19.7 Å². The van der Waals surface area contributed by atoms with Gasteiger partial charge in [-0.1, -0.05) is 0 Å². The van der Waals surface area contributed by atoms with Gasteiger partial charge >= 0.3 is 0 Å². The third-order valence-electron chi connectivity index (χ3n) is 5.75. The lowest BCUT2D eigenvalue weighted by Crippen LogP contribution is -2.44. The van der Waals surface area contributed by atoms with Gasteiger partial charge in [0.25, 0.3) is 0 Å². The summed E-state index contributed by atoms with van der Waals surface area (Å²) < 4.78 is 13.8. The highest BCUT2D eigenvalue weighted by Gasteiger charge is 2.50. The first-order chi connectivity index (χ1) is 13.6. The van der Waals surface area contributed by atoms with Crippen molar-refractivity contribution >= 4 is 11.6 Å². The Morgan fingerprint density at radius 3 is 2.61 bits per heavy atom. The minimum atomic E-state index is -0.173. The van der Waals surface area contributed by atoms with E-state index in [0.717, 1.165) is 24.1 Å². The van der Waals surface area contributed by atoms with E-state index in [2.05, 4.69) is 20.8 Å². The second kappa shape index (κ2) is 6.82. The van der Waals surface area contributed by atoms with E-state index >= 15 is 0 Å². The Labute approximate surface area is 163 Å². The SMILES string of the molecule is CN(C)c1ccc(-c2nnnn2[C@H]2CO[C@H]3[C@@H]2OC[C@@H]3NC(=O)C2CC2)cc1. The summed E-state index contributed by atoms with van der Waals surface area (Å²) in [7, 11) is 4.01. The number of hydrogen-bond acceptors (Lipinski definition) is 7. The maximum atomic E-state index is 12.1. The molecule has 5 rings (SSSR count). The Bertz CT molecular complexity index is 863. The van der Waals surface area contributed by atoms with Crippen LogP contribution in [0.1, 0.15) is 18.9 Å². The minimum absolute atomic E-state index is 0.109. The zero-order valence-corrected chi connectivity index (χ0v) is 16.0. The fraction of sp³-hybridized carbons (Fsp3) is 0.579. The molecule has 1 aliphatic carbocycles. The van der Waals surface area contributed by atoms with Crippen molar-refractivity contribution in [2.45, 2.75) is 37.1 Å². The molecular weight excluding hydrogens is 360 g/mol. The first-order valence-electron chi connectivity index (χ1n) is 9.71. The van der Waals surface area contributed by atoms with E-state index in [4.69, 9.17) is 9.47 Å². The molecule has 0 spiro atoms. The highest BCUT2D eigenvalue weighted by molar-refractivity contribution is 5.81. The molecule has 9 heteroatoms. The zero-order chi connectivity index (χ0) is 19.3. The number of hydrogen-bond donors (Lipinski definition) is 1. The highest BCUT2D eigenvalue weighted by Crippen LogP contribution is 2.36. The lowest BCUT2D eigenvalue weighted by Gasteiger charge is -2.18. The fourth-order valence-corrected chi connectivity index (χ4v) is 3.97. The van der Waals surface area contributed by atoms with E-state index in [1.165, 1.54) is 0 Å². The predicted octanol–water partition coefficient (Wildman–Crippen LogP) is 0.640. The van der Waals surface area contributed by atoms with Crippen molar-refractivity contribution in [1.82, 2.24) is 25.5 Å². The lowest BCUT2D eigenvalue weighted by molar-refractivity contribution is -0.123. The molecule has 0 unspecified atom stereocenters. The van der Waals surface area contributed by atoms with E-state index in [1.807, 2.05) is 43.3 Å². The van der Waals surface area contributed by atoms with Crippen LogP contribution in [-0.4, -0.2) is 71.7 Å². The summed E-state index contributed by atoms with van der Waals surface area (Å²) >= 11 is 0. The quantitative estimate of drug-likeness (QED) is 0.808. The molecule has 2 aromatic rings. The topological polar surface area (TPSA) is 94.4 Å². The molecule has 3 aliphatic rings. The fourth-order valence-electron chi connectivity index (χ4n) is 3.97. The molecule has 4 atom stereocenters. The van der Waals surface area contributed by atoms with Crippen LogP contribution in [0, 0.1) is 5.92 Å². The normalized spacial score (nSPS) is 28.9. The van der Waals surface area contributed by atoms with Crippen molar-refractivity contribution in [3.05, 3.63) is 24.3 Å². The van der Waals surface area contributed by atoms with Gasteiger partial charge in [-0.3, -0.25) is 4.79 Å². The molecule has 3 heterocycles. The number of tetrazole rings is 1. The maximum Gasteiger partial charge on any atom is 0.223 e. The number of nitrogens with zero attached hydrogens (tertiary/aromatic N) is 5. The van der Waals surface area contributed by atoms with Crippen LogP contribution in [-0.2, 0) is 14.3 Å². The monoisotopic (exact) mass is 384 g/mol. The van der Waals surface area contributed by atoms with Crippen LogP contribution in [0.25, 0.3) is 11.4 Å². The molecule has 28 heavy (non-hydrogen) atoms. The second-order valence-corrected chi connectivity index (χ2v) is 7.94. The molecule has 1 aromatic heterocycles. The molecule has 2 saturated heterocycles. The molecular formula is C19H24N6O3. The van der Waals surface area contributed by atoms with Crippen LogP contribution in [0.3, 0.4) is 0 Å². The van der Waals surface area contributed by atoms with Gasteiger partial charge in [-0.05, 0) is 47.5 Å². The van der Waals surface area contributed by atoms with Crippen molar-refractivity contribution in [2.75, 3.05) is 32.2 Å². The molecule has 1 amide bonds. The van der Waals surface area contributed by atoms with Gasteiger partial charge in [0.1, 0.15) is 18.2 Å². The largest absolute Gasteiger partial charge is 0.378 e. The van der Waals surface area contributed by atoms with Crippen LogP contribution in [0.15, 0.2) is 24.3 Å². The van der Waals surface area contributed by atoms with Crippen molar-refractivity contribution in [2.24, 2.45) is 5.92 Å². The average Bonchev–Trinajstić information content (AvgIpc) is 3.11. The van der Waals surface area contributed by atoms with E-state index in [0.29, 0.717) is 19.0 Å². The van der Waals surface area contributed by atoms with Gasteiger partial charge in [0.05, 0.1) is 19.3 Å². The number of anilines is 1. The highest BCUT2D eigenvalue weighted by atomic mass is 16.6. The van der Waals surface area contributed by atoms with Crippen LogP contribution < -0.4 is 10.2 Å². The molecule has 1 saturated carbocycles. The minimum Gasteiger partial charge on any atom is -0.378 e. The van der Waals surface area contributed by atoms with Crippen LogP contribution in [0.4, 0.5) is 5.69 Å². The number of benzene rings is 1. The van der Waals surface area contributed by atoms with Gasteiger partial charge in [0.15, 0.2) is 5.82 Å². The number of ether oxygens (including phenoxy) is 2. The molecule has 1 N–H and O–H groups in total. The van der Waals surface area contributed by atoms with Gasteiger partial charge in [-0.2, -0.15) is 0 Å². The smallest absolute Gasteiger partial charge is 0.223 e. The van der Waals surface area contributed by atoms with Crippen LogP contribution >= 0.6 is 0 Å². The van der Waals surface area contributed by atoms with E-state index in [9.17, 15) is 4.79 Å². The summed E-state index contributed by atoms with van der Waals surface area (Å²) in [6.45, 7) is 0.915. The molecule has 148 valence electrons.